The van der Waals surface area contributed by atoms with Crippen molar-refractivity contribution in [3.8, 4) is 0 Å². The summed E-state index contributed by atoms with van der Waals surface area (Å²) in [6, 6.07) is 8.02. The molecule has 1 N–H and O–H groups in total. The maximum atomic E-state index is 4.07. The average molecular weight is 237 g/mol. The highest BCUT2D eigenvalue weighted by molar-refractivity contribution is 5.72. The topological polar surface area (TPSA) is 12.0 Å². The van der Waals surface area contributed by atoms with E-state index in [4.69, 9.17) is 0 Å². The lowest BCUT2D eigenvalue weighted by Crippen LogP contribution is -2.10. The Morgan fingerprint density at radius 1 is 1.22 bits per heavy atom. The average Bonchev–Trinajstić information content (AvgIpc) is 2.43. The van der Waals surface area contributed by atoms with Gasteiger partial charge in [0.25, 0.3) is 0 Å². The Morgan fingerprint density at radius 2 is 1.94 bits per heavy atom. The Kier molecular flexibility index (Phi) is 5.46. The van der Waals surface area contributed by atoms with Gasteiger partial charge in [0.05, 0.1) is 0 Å². The molecule has 0 atom stereocenters. The fourth-order valence-electron chi connectivity index (χ4n) is 1.57. The molecule has 1 aromatic rings. The second-order valence-corrected chi connectivity index (χ2v) is 3.73. The molecule has 1 rings (SSSR count). The highest BCUT2D eigenvalue weighted by Crippen LogP contribution is 2.17. The van der Waals surface area contributed by atoms with Crippen LogP contribution in [0.1, 0.15) is 18.1 Å². The SMILES string of the molecule is C=C/C=C\C(=C/C)NC(=C)c1ccccc1C=C. The van der Waals surface area contributed by atoms with E-state index in [9.17, 15) is 0 Å². The van der Waals surface area contributed by atoms with Gasteiger partial charge in [0, 0.05) is 17.0 Å². The van der Waals surface area contributed by atoms with Gasteiger partial charge in [-0.05, 0) is 18.6 Å². The molecule has 0 heterocycles. The molecule has 0 radical (unpaired) electrons. The third-order valence-electron chi connectivity index (χ3n) is 2.52. The summed E-state index contributed by atoms with van der Waals surface area (Å²) in [7, 11) is 0. The predicted molar refractivity (Wildman–Crippen MR) is 81.8 cm³/mol. The van der Waals surface area contributed by atoms with E-state index in [-0.39, 0.29) is 0 Å². The van der Waals surface area contributed by atoms with Gasteiger partial charge in [-0.25, -0.2) is 0 Å². The zero-order chi connectivity index (χ0) is 13.4. The second-order valence-electron chi connectivity index (χ2n) is 3.73. The van der Waals surface area contributed by atoms with Crippen LogP contribution >= 0.6 is 0 Å². The monoisotopic (exact) mass is 237 g/mol. The molecule has 1 nitrogen and oxygen atoms in total. The molecule has 0 saturated carbocycles. The lowest BCUT2D eigenvalue weighted by Gasteiger charge is -2.12. The van der Waals surface area contributed by atoms with Crippen LogP contribution in [-0.2, 0) is 0 Å². The lowest BCUT2D eigenvalue weighted by atomic mass is 10.1. The molecular formula is C17H19N. The fourth-order valence-corrected chi connectivity index (χ4v) is 1.57. The van der Waals surface area contributed by atoms with Crippen molar-refractivity contribution in [3.05, 3.63) is 85.1 Å². The Hall–Kier alpha value is -2.28. The van der Waals surface area contributed by atoms with Crippen molar-refractivity contribution in [1.82, 2.24) is 5.32 Å². The summed E-state index contributed by atoms with van der Waals surface area (Å²) in [5.74, 6) is 0. The standard InChI is InChI=1S/C17H19N/c1-5-8-12-16(7-3)18-14(4)17-13-10-9-11-15(17)6-2/h5-13,18H,1-2,4H2,3H3/b12-8-,16-7+. The van der Waals surface area contributed by atoms with Crippen molar-refractivity contribution >= 4 is 11.8 Å². The first kappa shape index (κ1) is 13.8. The normalized spacial score (nSPS) is 11.3. The zero-order valence-corrected chi connectivity index (χ0v) is 10.8. The van der Waals surface area contributed by atoms with Crippen LogP contribution in [0.4, 0.5) is 0 Å². The number of allylic oxidation sites excluding steroid dienone is 4. The fraction of sp³-hybridized carbons (Fsp3) is 0.0588. The molecule has 0 saturated heterocycles. The summed E-state index contributed by atoms with van der Waals surface area (Å²) >= 11 is 0. The number of rotatable bonds is 6. The quantitative estimate of drug-likeness (QED) is 0.716. The van der Waals surface area contributed by atoms with E-state index in [1.54, 1.807) is 6.08 Å². The number of nitrogens with one attached hydrogen (secondary N) is 1. The van der Waals surface area contributed by atoms with Gasteiger partial charge in [0.1, 0.15) is 0 Å². The molecule has 1 heteroatoms. The molecule has 0 aliphatic carbocycles. The Balaban J connectivity index is 2.91. The van der Waals surface area contributed by atoms with Gasteiger partial charge in [0.2, 0.25) is 0 Å². The molecule has 0 unspecified atom stereocenters. The molecule has 0 spiro atoms. The maximum absolute atomic E-state index is 4.07. The summed E-state index contributed by atoms with van der Waals surface area (Å²) in [4.78, 5) is 0. The van der Waals surface area contributed by atoms with E-state index in [1.807, 2.05) is 55.5 Å². The third kappa shape index (κ3) is 3.63. The minimum atomic E-state index is 0.854. The van der Waals surface area contributed by atoms with E-state index in [0.717, 1.165) is 22.5 Å². The first-order valence-electron chi connectivity index (χ1n) is 5.86. The minimum absolute atomic E-state index is 0.854. The molecule has 0 aliphatic heterocycles. The van der Waals surface area contributed by atoms with Crippen molar-refractivity contribution in [2.75, 3.05) is 0 Å². The molecule has 0 amide bonds. The first-order chi connectivity index (χ1) is 8.72. The molecule has 0 aromatic heterocycles. The lowest BCUT2D eigenvalue weighted by molar-refractivity contribution is 1.13. The van der Waals surface area contributed by atoms with Crippen LogP contribution in [0.3, 0.4) is 0 Å². The van der Waals surface area contributed by atoms with Gasteiger partial charge < -0.3 is 5.32 Å². The molecule has 92 valence electrons. The molecule has 18 heavy (non-hydrogen) atoms. The van der Waals surface area contributed by atoms with E-state index < -0.39 is 0 Å². The van der Waals surface area contributed by atoms with Crippen LogP contribution < -0.4 is 5.32 Å². The Labute approximate surface area is 110 Å². The van der Waals surface area contributed by atoms with Crippen LogP contribution in [-0.4, -0.2) is 0 Å². The smallest absolute Gasteiger partial charge is 0.0390 e. The van der Waals surface area contributed by atoms with Crippen molar-refractivity contribution < 1.29 is 0 Å². The van der Waals surface area contributed by atoms with E-state index in [1.165, 1.54) is 0 Å². The number of benzene rings is 1. The highest BCUT2D eigenvalue weighted by Gasteiger charge is 2.03. The van der Waals surface area contributed by atoms with Crippen molar-refractivity contribution in [2.45, 2.75) is 6.92 Å². The third-order valence-corrected chi connectivity index (χ3v) is 2.52. The van der Waals surface area contributed by atoms with Gasteiger partial charge in [-0.1, -0.05) is 68.3 Å². The Morgan fingerprint density at radius 3 is 2.56 bits per heavy atom. The molecule has 0 aliphatic rings. The van der Waals surface area contributed by atoms with Crippen LogP contribution in [0.5, 0.6) is 0 Å². The first-order valence-corrected chi connectivity index (χ1v) is 5.86. The predicted octanol–water partition coefficient (Wildman–Crippen LogP) is 4.54. The van der Waals surface area contributed by atoms with Crippen molar-refractivity contribution in [3.63, 3.8) is 0 Å². The van der Waals surface area contributed by atoms with Crippen molar-refractivity contribution in [1.29, 1.82) is 0 Å². The van der Waals surface area contributed by atoms with Crippen LogP contribution in [0.2, 0.25) is 0 Å². The van der Waals surface area contributed by atoms with Crippen LogP contribution in [0.25, 0.3) is 11.8 Å². The summed E-state index contributed by atoms with van der Waals surface area (Å²) in [6.45, 7) is 13.5. The Bertz CT molecular complexity index is 504. The van der Waals surface area contributed by atoms with Crippen LogP contribution in [0, 0.1) is 0 Å². The summed E-state index contributed by atoms with van der Waals surface area (Å²) in [5.41, 5.74) is 3.96. The van der Waals surface area contributed by atoms with Gasteiger partial charge in [-0.15, -0.1) is 0 Å². The van der Waals surface area contributed by atoms with Crippen molar-refractivity contribution in [2.24, 2.45) is 0 Å². The largest absolute Gasteiger partial charge is 0.356 e. The number of hydrogen-bond acceptors (Lipinski definition) is 1. The van der Waals surface area contributed by atoms with Gasteiger partial charge in [0.15, 0.2) is 0 Å². The van der Waals surface area contributed by atoms with E-state index in [2.05, 4.69) is 25.1 Å². The minimum Gasteiger partial charge on any atom is -0.356 e. The molecule has 0 fully saturated rings. The summed E-state index contributed by atoms with van der Waals surface area (Å²) in [6.07, 6.45) is 9.40. The van der Waals surface area contributed by atoms with E-state index in [0.29, 0.717) is 0 Å². The number of hydrogen-bond donors (Lipinski definition) is 1. The summed E-state index contributed by atoms with van der Waals surface area (Å²) < 4.78 is 0. The highest BCUT2D eigenvalue weighted by atomic mass is 14.9. The molecule has 1 aromatic carbocycles. The van der Waals surface area contributed by atoms with Gasteiger partial charge >= 0.3 is 0 Å². The molecule has 0 bridgehead atoms. The van der Waals surface area contributed by atoms with Crippen LogP contribution in [0.15, 0.2) is 74.0 Å². The molecular weight excluding hydrogens is 218 g/mol. The summed E-state index contributed by atoms with van der Waals surface area (Å²) in [5, 5.41) is 3.28. The zero-order valence-electron chi connectivity index (χ0n) is 10.8. The van der Waals surface area contributed by atoms with E-state index >= 15 is 0 Å². The van der Waals surface area contributed by atoms with Gasteiger partial charge in [-0.3, -0.25) is 0 Å². The maximum Gasteiger partial charge on any atom is 0.0390 e. The second kappa shape index (κ2) is 7.13. The van der Waals surface area contributed by atoms with Gasteiger partial charge in [-0.2, -0.15) is 0 Å².